The molecule has 0 radical (unpaired) electrons. The first-order valence-electron chi connectivity index (χ1n) is 9.75. The molecule has 1 aromatic rings. The normalized spacial score (nSPS) is 20.3. The van der Waals surface area contributed by atoms with Crippen LogP contribution in [0.5, 0.6) is 0 Å². The molecule has 1 atom stereocenters. The number of benzene rings is 1. The highest BCUT2D eigenvalue weighted by atomic mass is 19.1. The molecule has 2 aliphatic heterocycles. The van der Waals surface area contributed by atoms with E-state index in [4.69, 9.17) is 4.74 Å². The van der Waals surface area contributed by atoms with E-state index in [9.17, 15) is 18.8 Å². The highest BCUT2D eigenvalue weighted by molar-refractivity contribution is 6.01. The Morgan fingerprint density at radius 1 is 1.21 bits per heavy atom. The molecule has 0 bridgehead atoms. The lowest BCUT2D eigenvalue weighted by molar-refractivity contribution is -0.133. The monoisotopic (exact) mass is 406 g/mol. The van der Waals surface area contributed by atoms with Crippen molar-refractivity contribution in [2.75, 3.05) is 36.4 Å². The molecule has 2 aliphatic rings. The molecule has 8 nitrogen and oxygen atoms in total. The lowest BCUT2D eigenvalue weighted by Crippen LogP contribution is -2.50. The van der Waals surface area contributed by atoms with Crippen molar-refractivity contribution < 1.29 is 23.5 Å². The summed E-state index contributed by atoms with van der Waals surface area (Å²) in [6.07, 6.45) is 0.218. The number of carbonyl (C=O) groups is 3. The van der Waals surface area contributed by atoms with Crippen molar-refractivity contribution in [2.45, 2.75) is 45.3 Å². The van der Waals surface area contributed by atoms with Gasteiger partial charge in [-0.2, -0.15) is 0 Å². The topological polar surface area (TPSA) is 91.0 Å². The summed E-state index contributed by atoms with van der Waals surface area (Å²) in [5, 5.41) is 5.11. The number of halogens is 1. The zero-order chi connectivity index (χ0) is 21.2. The number of hydrogen-bond acceptors (Lipinski definition) is 6. The highest BCUT2D eigenvalue weighted by Crippen LogP contribution is 2.25. The second-order valence-electron chi connectivity index (χ2n) is 8.27. The van der Waals surface area contributed by atoms with E-state index in [-0.39, 0.29) is 24.1 Å². The Morgan fingerprint density at radius 3 is 2.48 bits per heavy atom. The van der Waals surface area contributed by atoms with Crippen molar-refractivity contribution in [1.29, 1.82) is 0 Å². The minimum Gasteiger partial charge on any atom is -0.444 e. The molecule has 1 unspecified atom stereocenters. The van der Waals surface area contributed by atoms with Gasteiger partial charge < -0.3 is 19.9 Å². The molecule has 29 heavy (non-hydrogen) atoms. The maximum atomic E-state index is 14.6. The van der Waals surface area contributed by atoms with Crippen LogP contribution in [0.4, 0.5) is 20.6 Å². The smallest absolute Gasteiger partial charge is 0.410 e. The summed E-state index contributed by atoms with van der Waals surface area (Å²) >= 11 is 0. The number of rotatable bonds is 3. The average Bonchev–Trinajstić information content (AvgIpc) is 2.64. The number of nitrogens with zero attached hydrogens (tertiary/aromatic N) is 2. The second kappa shape index (κ2) is 8.26. The van der Waals surface area contributed by atoms with Crippen LogP contribution in [-0.2, 0) is 14.3 Å². The Bertz CT molecular complexity index is 800. The fourth-order valence-corrected chi connectivity index (χ4v) is 3.31. The summed E-state index contributed by atoms with van der Waals surface area (Å²) in [4.78, 5) is 38.9. The van der Waals surface area contributed by atoms with E-state index in [1.54, 1.807) is 17.0 Å². The third-order valence-electron chi connectivity index (χ3n) is 4.82. The number of nitrogens with one attached hydrogen (secondary N) is 2. The number of anilines is 2. The average molecular weight is 406 g/mol. The Kier molecular flexibility index (Phi) is 5.95. The van der Waals surface area contributed by atoms with Crippen molar-refractivity contribution in [3.8, 4) is 0 Å². The molecule has 0 aliphatic carbocycles. The predicted octanol–water partition coefficient (Wildman–Crippen LogP) is 2.10. The van der Waals surface area contributed by atoms with E-state index in [2.05, 4.69) is 10.6 Å². The molecule has 3 rings (SSSR count). The number of imide groups is 1. The van der Waals surface area contributed by atoms with Gasteiger partial charge in [0.15, 0.2) is 0 Å². The zero-order valence-corrected chi connectivity index (χ0v) is 17.0. The molecule has 2 saturated heterocycles. The van der Waals surface area contributed by atoms with Gasteiger partial charge in [-0.3, -0.25) is 14.9 Å². The van der Waals surface area contributed by atoms with Gasteiger partial charge in [0, 0.05) is 38.3 Å². The van der Waals surface area contributed by atoms with E-state index in [1.807, 2.05) is 25.7 Å². The van der Waals surface area contributed by atoms with Gasteiger partial charge in [-0.05, 0) is 45.4 Å². The van der Waals surface area contributed by atoms with Gasteiger partial charge >= 0.3 is 6.09 Å². The van der Waals surface area contributed by atoms with Crippen LogP contribution in [-0.4, -0.2) is 60.6 Å². The molecule has 0 saturated carbocycles. The van der Waals surface area contributed by atoms with E-state index in [0.717, 1.165) is 0 Å². The van der Waals surface area contributed by atoms with Crippen LogP contribution in [0.1, 0.15) is 33.6 Å². The Hall–Kier alpha value is -2.84. The maximum absolute atomic E-state index is 14.6. The van der Waals surface area contributed by atoms with Crippen molar-refractivity contribution in [1.82, 2.24) is 10.2 Å². The SMILES string of the molecule is CC(C)(C)OC(=O)N1CCN(c2ccc(NC3CCC(=O)NC3=O)c(F)c2)CC1. The molecule has 1 aromatic carbocycles. The molecule has 2 N–H and O–H groups in total. The van der Waals surface area contributed by atoms with Crippen molar-refractivity contribution >= 4 is 29.3 Å². The Balaban J connectivity index is 1.58. The van der Waals surface area contributed by atoms with Gasteiger partial charge in [0.05, 0.1) is 5.69 Å². The number of amides is 3. The van der Waals surface area contributed by atoms with Crippen molar-refractivity contribution in [2.24, 2.45) is 0 Å². The van der Waals surface area contributed by atoms with Gasteiger partial charge in [-0.1, -0.05) is 0 Å². The van der Waals surface area contributed by atoms with Gasteiger partial charge in [0.25, 0.3) is 0 Å². The summed E-state index contributed by atoms with van der Waals surface area (Å²) in [6, 6.07) is 4.15. The van der Waals surface area contributed by atoms with Gasteiger partial charge in [0.1, 0.15) is 17.5 Å². The van der Waals surface area contributed by atoms with Crippen LogP contribution < -0.4 is 15.5 Å². The van der Waals surface area contributed by atoms with Crippen LogP contribution >= 0.6 is 0 Å². The third-order valence-corrected chi connectivity index (χ3v) is 4.82. The number of hydrogen-bond donors (Lipinski definition) is 2. The first kappa shape index (κ1) is 20.9. The standard InChI is InChI=1S/C20H27FN4O4/c1-20(2,3)29-19(28)25-10-8-24(9-11-25)13-4-5-15(14(21)12-13)22-16-6-7-17(26)23-18(16)27/h4-5,12,16,22H,6-11H2,1-3H3,(H,23,26,27). The molecule has 158 valence electrons. The quantitative estimate of drug-likeness (QED) is 0.747. The van der Waals surface area contributed by atoms with Crippen LogP contribution in [0, 0.1) is 5.82 Å². The molecule has 0 spiro atoms. The molecule has 2 fully saturated rings. The fourth-order valence-electron chi connectivity index (χ4n) is 3.31. The van der Waals surface area contributed by atoms with Crippen LogP contribution in [0.3, 0.4) is 0 Å². The Morgan fingerprint density at radius 2 is 1.90 bits per heavy atom. The van der Waals surface area contributed by atoms with E-state index < -0.39 is 23.4 Å². The first-order valence-corrected chi connectivity index (χ1v) is 9.75. The van der Waals surface area contributed by atoms with E-state index in [0.29, 0.717) is 38.3 Å². The minimum absolute atomic E-state index is 0.218. The largest absolute Gasteiger partial charge is 0.444 e. The van der Waals surface area contributed by atoms with Crippen LogP contribution in [0.25, 0.3) is 0 Å². The number of carbonyl (C=O) groups excluding carboxylic acids is 3. The summed E-state index contributed by atoms with van der Waals surface area (Å²) < 4.78 is 20.0. The highest BCUT2D eigenvalue weighted by Gasteiger charge is 2.28. The summed E-state index contributed by atoms with van der Waals surface area (Å²) in [7, 11) is 0. The van der Waals surface area contributed by atoms with Crippen LogP contribution in [0.2, 0.25) is 0 Å². The van der Waals surface area contributed by atoms with E-state index in [1.165, 1.54) is 6.07 Å². The van der Waals surface area contributed by atoms with Crippen molar-refractivity contribution in [3.05, 3.63) is 24.0 Å². The maximum Gasteiger partial charge on any atom is 0.410 e. The molecular formula is C20H27FN4O4. The molecular weight excluding hydrogens is 379 g/mol. The molecule has 3 amide bonds. The predicted molar refractivity (Wildman–Crippen MR) is 106 cm³/mol. The van der Waals surface area contributed by atoms with Gasteiger partial charge in [-0.25, -0.2) is 9.18 Å². The van der Waals surface area contributed by atoms with E-state index >= 15 is 0 Å². The lowest BCUT2D eigenvalue weighted by atomic mass is 10.1. The molecule has 9 heteroatoms. The number of piperidine rings is 1. The summed E-state index contributed by atoms with van der Waals surface area (Å²) in [5.74, 6) is -1.22. The second-order valence-corrected chi connectivity index (χ2v) is 8.27. The summed E-state index contributed by atoms with van der Waals surface area (Å²) in [6.45, 7) is 7.60. The first-order chi connectivity index (χ1) is 13.6. The van der Waals surface area contributed by atoms with Crippen molar-refractivity contribution in [3.63, 3.8) is 0 Å². The zero-order valence-electron chi connectivity index (χ0n) is 17.0. The Labute approximate surface area is 169 Å². The van der Waals surface area contributed by atoms with Gasteiger partial charge in [0.2, 0.25) is 11.8 Å². The molecule has 2 heterocycles. The molecule has 0 aromatic heterocycles. The number of piperazine rings is 1. The lowest BCUT2D eigenvalue weighted by Gasteiger charge is -2.36. The van der Waals surface area contributed by atoms with Crippen LogP contribution in [0.15, 0.2) is 18.2 Å². The fraction of sp³-hybridized carbons (Fsp3) is 0.550. The summed E-state index contributed by atoms with van der Waals surface area (Å²) in [5.41, 5.74) is 0.388. The minimum atomic E-state index is -0.634. The van der Waals surface area contributed by atoms with Gasteiger partial charge in [-0.15, -0.1) is 0 Å². The third kappa shape index (κ3) is 5.36. The number of ether oxygens (including phenoxy) is 1.